The molecule has 1 rings (SSSR count). The lowest BCUT2D eigenvalue weighted by Crippen LogP contribution is -2.30. The molecular formula is C15H24ClNO2. The van der Waals surface area contributed by atoms with E-state index < -0.39 is 0 Å². The predicted molar refractivity (Wildman–Crippen MR) is 80.3 cm³/mol. The Bertz CT molecular complexity index is 371. The van der Waals surface area contributed by atoms with Gasteiger partial charge in [-0.05, 0) is 57.5 Å². The molecule has 0 saturated heterocycles. The van der Waals surface area contributed by atoms with E-state index in [1.165, 1.54) is 0 Å². The standard InChI is InChI=1S/C15H24ClNO2/c1-4-18-9-5-8-17-11-13(3)19-14-6-7-15(16)12(2)10-14/h6-7,10,13,17H,4-5,8-9,11H2,1-3H3. The van der Waals surface area contributed by atoms with Gasteiger partial charge in [-0.1, -0.05) is 11.6 Å². The van der Waals surface area contributed by atoms with E-state index in [2.05, 4.69) is 12.2 Å². The van der Waals surface area contributed by atoms with Gasteiger partial charge in [0.25, 0.3) is 0 Å². The highest BCUT2D eigenvalue weighted by atomic mass is 35.5. The summed E-state index contributed by atoms with van der Waals surface area (Å²) in [6, 6.07) is 5.74. The summed E-state index contributed by atoms with van der Waals surface area (Å²) in [5, 5.41) is 4.13. The van der Waals surface area contributed by atoms with E-state index in [1.807, 2.05) is 32.0 Å². The zero-order valence-electron chi connectivity index (χ0n) is 12.0. The van der Waals surface area contributed by atoms with Crippen molar-refractivity contribution in [3.05, 3.63) is 28.8 Å². The second-order valence-corrected chi connectivity index (χ2v) is 5.00. The molecule has 0 radical (unpaired) electrons. The summed E-state index contributed by atoms with van der Waals surface area (Å²) in [5.74, 6) is 0.866. The molecule has 0 bridgehead atoms. The summed E-state index contributed by atoms with van der Waals surface area (Å²) in [7, 11) is 0. The van der Waals surface area contributed by atoms with Crippen molar-refractivity contribution in [2.75, 3.05) is 26.3 Å². The third-order valence-corrected chi connectivity index (χ3v) is 3.17. The first-order valence-corrected chi connectivity index (χ1v) is 7.22. The molecular weight excluding hydrogens is 262 g/mol. The Morgan fingerprint density at radius 2 is 2.16 bits per heavy atom. The molecule has 0 amide bonds. The molecule has 0 aliphatic rings. The van der Waals surface area contributed by atoms with Gasteiger partial charge in [0.15, 0.2) is 0 Å². The van der Waals surface area contributed by atoms with Crippen LogP contribution in [0, 0.1) is 6.92 Å². The minimum Gasteiger partial charge on any atom is -0.489 e. The van der Waals surface area contributed by atoms with Crippen LogP contribution in [-0.4, -0.2) is 32.4 Å². The molecule has 1 aromatic rings. The van der Waals surface area contributed by atoms with Crippen molar-refractivity contribution in [1.29, 1.82) is 0 Å². The molecule has 1 aromatic carbocycles. The maximum atomic E-state index is 5.98. The van der Waals surface area contributed by atoms with Gasteiger partial charge in [0.2, 0.25) is 0 Å². The lowest BCUT2D eigenvalue weighted by molar-refractivity contribution is 0.143. The Labute approximate surface area is 121 Å². The first kappa shape index (κ1) is 16.3. The normalized spacial score (nSPS) is 12.4. The van der Waals surface area contributed by atoms with Crippen LogP contribution in [0.4, 0.5) is 0 Å². The first-order chi connectivity index (χ1) is 9.13. The highest BCUT2D eigenvalue weighted by molar-refractivity contribution is 6.31. The highest BCUT2D eigenvalue weighted by Gasteiger charge is 2.04. The van der Waals surface area contributed by atoms with E-state index in [-0.39, 0.29) is 6.10 Å². The Hall–Kier alpha value is -0.770. The van der Waals surface area contributed by atoms with E-state index in [4.69, 9.17) is 21.1 Å². The lowest BCUT2D eigenvalue weighted by Gasteiger charge is -2.16. The van der Waals surface area contributed by atoms with Crippen molar-refractivity contribution in [3.8, 4) is 5.75 Å². The van der Waals surface area contributed by atoms with Crippen LogP contribution < -0.4 is 10.1 Å². The largest absolute Gasteiger partial charge is 0.489 e. The van der Waals surface area contributed by atoms with Gasteiger partial charge in [-0.25, -0.2) is 0 Å². The van der Waals surface area contributed by atoms with Crippen LogP contribution in [0.2, 0.25) is 5.02 Å². The molecule has 0 saturated carbocycles. The topological polar surface area (TPSA) is 30.5 Å². The summed E-state index contributed by atoms with van der Waals surface area (Å²) < 4.78 is 11.1. The number of aryl methyl sites for hydroxylation is 1. The van der Waals surface area contributed by atoms with Crippen molar-refractivity contribution in [3.63, 3.8) is 0 Å². The molecule has 0 aromatic heterocycles. The van der Waals surface area contributed by atoms with Crippen LogP contribution in [0.15, 0.2) is 18.2 Å². The van der Waals surface area contributed by atoms with Gasteiger partial charge in [0.05, 0.1) is 0 Å². The third kappa shape index (κ3) is 6.81. The zero-order valence-corrected chi connectivity index (χ0v) is 12.8. The summed E-state index contributed by atoms with van der Waals surface area (Å²) in [6.07, 6.45) is 1.16. The summed E-state index contributed by atoms with van der Waals surface area (Å²) in [5.41, 5.74) is 1.04. The minimum absolute atomic E-state index is 0.132. The van der Waals surface area contributed by atoms with E-state index in [1.54, 1.807) is 0 Å². The van der Waals surface area contributed by atoms with Crippen molar-refractivity contribution < 1.29 is 9.47 Å². The average molecular weight is 286 g/mol. The summed E-state index contributed by atoms with van der Waals surface area (Å²) >= 11 is 5.98. The van der Waals surface area contributed by atoms with Gasteiger partial charge in [0.1, 0.15) is 11.9 Å². The molecule has 1 atom stereocenters. The molecule has 4 heteroatoms. The molecule has 0 aliphatic carbocycles. The van der Waals surface area contributed by atoms with E-state index >= 15 is 0 Å². The van der Waals surface area contributed by atoms with Crippen LogP contribution >= 0.6 is 11.6 Å². The maximum absolute atomic E-state index is 5.98. The highest BCUT2D eigenvalue weighted by Crippen LogP contribution is 2.21. The Morgan fingerprint density at radius 1 is 1.37 bits per heavy atom. The third-order valence-electron chi connectivity index (χ3n) is 2.74. The van der Waals surface area contributed by atoms with Crippen molar-refractivity contribution in [1.82, 2.24) is 5.32 Å². The number of benzene rings is 1. The molecule has 0 aliphatic heterocycles. The second kappa shape index (κ2) is 9.18. The second-order valence-electron chi connectivity index (χ2n) is 4.59. The fourth-order valence-corrected chi connectivity index (χ4v) is 1.83. The molecule has 108 valence electrons. The Morgan fingerprint density at radius 3 is 2.84 bits per heavy atom. The number of halogens is 1. The van der Waals surface area contributed by atoms with Gasteiger partial charge in [-0.15, -0.1) is 0 Å². The molecule has 0 heterocycles. The average Bonchev–Trinajstić information content (AvgIpc) is 2.38. The number of hydrogen-bond donors (Lipinski definition) is 1. The van der Waals surface area contributed by atoms with Gasteiger partial charge >= 0.3 is 0 Å². The van der Waals surface area contributed by atoms with Crippen molar-refractivity contribution in [2.45, 2.75) is 33.3 Å². The van der Waals surface area contributed by atoms with Crippen LogP contribution in [-0.2, 0) is 4.74 Å². The molecule has 0 fully saturated rings. The molecule has 0 spiro atoms. The van der Waals surface area contributed by atoms with E-state index in [9.17, 15) is 0 Å². The molecule has 1 unspecified atom stereocenters. The fraction of sp³-hybridized carbons (Fsp3) is 0.600. The van der Waals surface area contributed by atoms with Gasteiger partial charge in [0, 0.05) is 24.8 Å². The molecule has 19 heavy (non-hydrogen) atoms. The Balaban J connectivity index is 2.19. The van der Waals surface area contributed by atoms with Crippen molar-refractivity contribution >= 4 is 11.6 Å². The number of nitrogens with one attached hydrogen (secondary N) is 1. The maximum Gasteiger partial charge on any atom is 0.120 e. The van der Waals surface area contributed by atoms with Gasteiger partial charge in [-0.3, -0.25) is 0 Å². The van der Waals surface area contributed by atoms with Crippen molar-refractivity contribution in [2.24, 2.45) is 0 Å². The van der Waals surface area contributed by atoms with Crippen LogP contribution in [0.3, 0.4) is 0 Å². The van der Waals surface area contributed by atoms with Crippen LogP contribution in [0.5, 0.6) is 5.75 Å². The van der Waals surface area contributed by atoms with E-state index in [0.717, 1.165) is 49.1 Å². The summed E-state index contributed by atoms with van der Waals surface area (Å²) in [4.78, 5) is 0. The first-order valence-electron chi connectivity index (χ1n) is 6.84. The fourth-order valence-electron chi connectivity index (χ4n) is 1.71. The van der Waals surface area contributed by atoms with Crippen LogP contribution in [0.1, 0.15) is 25.8 Å². The SMILES string of the molecule is CCOCCCNCC(C)Oc1ccc(Cl)c(C)c1. The molecule has 3 nitrogen and oxygen atoms in total. The number of rotatable bonds is 9. The number of hydrogen-bond acceptors (Lipinski definition) is 3. The zero-order chi connectivity index (χ0) is 14.1. The summed E-state index contributed by atoms with van der Waals surface area (Å²) in [6.45, 7) is 9.43. The lowest BCUT2D eigenvalue weighted by atomic mass is 10.2. The van der Waals surface area contributed by atoms with Crippen LogP contribution in [0.25, 0.3) is 0 Å². The Kier molecular flexibility index (Phi) is 7.87. The predicted octanol–water partition coefficient (Wildman–Crippen LogP) is 3.43. The quantitative estimate of drug-likeness (QED) is 0.705. The monoisotopic (exact) mass is 285 g/mol. The number of ether oxygens (including phenoxy) is 2. The minimum atomic E-state index is 0.132. The van der Waals surface area contributed by atoms with Gasteiger partial charge in [-0.2, -0.15) is 0 Å². The molecule has 1 N–H and O–H groups in total. The van der Waals surface area contributed by atoms with E-state index in [0.29, 0.717) is 0 Å². The smallest absolute Gasteiger partial charge is 0.120 e. The van der Waals surface area contributed by atoms with Gasteiger partial charge < -0.3 is 14.8 Å².